The van der Waals surface area contributed by atoms with Crippen LogP contribution in [0, 0.1) is 5.92 Å². The average molecular weight is 279 g/mol. The molecule has 0 spiro atoms. The average Bonchev–Trinajstić information content (AvgIpc) is 2.29. The van der Waals surface area contributed by atoms with Gasteiger partial charge in [-0.2, -0.15) is 0 Å². The van der Waals surface area contributed by atoms with E-state index in [1.807, 2.05) is 18.3 Å². The minimum atomic E-state index is -0.232. The van der Waals surface area contributed by atoms with E-state index < -0.39 is 0 Å². The number of pyridine rings is 2. The molecular formula is C13H17N3S2. The summed E-state index contributed by atoms with van der Waals surface area (Å²) in [5.74, 6) is 1.38. The number of thiol groups is 2. The molecule has 0 aliphatic heterocycles. The van der Waals surface area contributed by atoms with E-state index in [1.165, 1.54) is 0 Å². The van der Waals surface area contributed by atoms with Crippen molar-refractivity contribution >= 4 is 41.8 Å². The summed E-state index contributed by atoms with van der Waals surface area (Å²) in [4.78, 5) is 8.80. The van der Waals surface area contributed by atoms with Crippen LogP contribution < -0.4 is 5.32 Å². The van der Waals surface area contributed by atoms with E-state index >= 15 is 0 Å². The van der Waals surface area contributed by atoms with Gasteiger partial charge in [0, 0.05) is 28.9 Å². The lowest BCUT2D eigenvalue weighted by atomic mass is 10.0. The molecule has 0 aliphatic carbocycles. The van der Waals surface area contributed by atoms with E-state index in [9.17, 15) is 0 Å². The van der Waals surface area contributed by atoms with Gasteiger partial charge in [-0.15, -0.1) is 25.3 Å². The summed E-state index contributed by atoms with van der Waals surface area (Å²) in [5, 5.41) is 5.33. The van der Waals surface area contributed by atoms with Crippen LogP contribution in [0.25, 0.3) is 10.8 Å². The van der Waals surface area contributed by atoms with Gasteiger partial charge in [0.2, 0.25) is 0 Å². The number of aromatic nitrogens is 2. The molecule has 3 nitrogen and oxygen atoms in total. The number of nitrogens with one attached hydrogen (secondary N) is 1. The first-order chi connectivity index (χ1) is 8.58. The summed E-state index contributed by atoms with van der Waals surface area (Å²) in [6.07, 6.45) is 4.59. The molecule has 18 heavy (non-hydrogen) atoms. The monoisotopic (exact) mass is 279 g/mol. The van der Waals surface area contributed by atoms with Gasteiger partial charge >= 0.3 is 0 Å². The highest BCUT2D eigenvalue weighted by atomic mass is 32.2. The zero-order valence-electron chi connectivity index (χ0n) is 10.5. The fraction of sp³-hybridized carbons (Fsp3) is 0.385. The van der Waals surface area contributed by atoms with Gasteiger partial charge in [-0.25, -0.2) is 4.98 Å². The molecule has 2 heterocycles. The molecule has 0 bridgehead atoms. The standard InChI is InChI=1S/C13H17N3S2/c1-8(2)7-11-9-3-6-15-12(16-13(17)18)10(9)4-5-14-11/h3-6,8,13,17-18H,7H2,1-2H3,(H,15,16). The van der Waals surface area contributed by atoms with Gasteiger partial charge in [0.05, 0.1) is 0 Å². The van der Waals surface area contributed by atoms with Crippen molar-refractivity contribution in [2.45, 2.75) is 25.0 Å². The Kier molecular flexibility index (Phi) is 4.35. The molecule has 96 valence electrons. The van der Waals surface area contributed by atoms with Gasteiger partial charge in [0.25, 0.3) is 0 Å². The van der Waals surface area contributed by atoms with E-state index in [0.717, 1.165) is 28.7 Å². The largest absolute Gasteiger partial charge is 0.349 e. The Labute approximate surface area is 118 Å². The second-order valence-corrected chi connectivity index (χ2v) is 6.07. The van der Waals surface area contributed by atoms with Crippen LogP contribution in [-0.4, -0.2) is 14.7 Å². The lowest BCUT2D eigenvalue weighted by Gasteiger charge is -2.13. The molecule has 2 aromatic heterocycles. The first-order valence-electron chi connectivity index (χ1n) is 5.93. The molecule has 0 radical (unpaired) electrons. The third-order valence-electron chi connectivity index (χ3n) is 2.64. The maximum absolute atomic E-state index is 4.47. The summed E-state index contributed by atoms with van der Waals surface area (Å²) >= 11 is 8.43. The van der Waals surface area contributed by atoms with Crippen molar-refractivity contribution in [1.29, 1.82) is 0 Å². The number of rotatable bonds is 4. The first kappa shape index (κ1) is 13.5. The van der Waals surface area contributed by atoms with E-state index in [-0.39, 0.29) is 4.71 Å². The van der Waals surface area contributed by atoms with E-state index in [0.29, 0.717) is 5.92 Å². The van der Waals surface area contributed by atoms with Crippen molar-refractivity contribution in [2.24, 2.45) is 5.92 Å². The Morgan fingerprint density at radius 2 is 1.78 bits per heavy atom. The van der Waals surface area contributed by atoms with Crippen LogP contribution in [0.1, 0.15) is 19.5 Å². The fourth-order valence-electron chi connectivity index (χ4n) is 1.95. The summed E-state index contributed by atoms with van der Waals surface area (Å²) < 4.78 is -0.232. The lowest BCUT2D eigenvalue weighted by molar-refractivity contribution is 0.639. The molecule has 0 aromatic carbocycles. The molecule has 5 heteroatoms. The number of anilines is 1. The van der Waals surface area contributed by atoms with Gasteiger partial charge in [-0.1, -0.05) is 13.8 Å². The second kappa shape index (κ2) is 5.80. The van der Waals surface area contributed by atoms with Crippen molar-refractivity contribution in [3.63, 3.8) is 0 Å². The van der Waals surface area contributed by atoms with Crippen LogP contribution in [0.5, 0.6) is 0 Å². The highest BCUT2D eigenvalue weighted by Crippen LogP contribution is 2.25. The quantitative estimate of drug-likeness (QED) is 0.593. The Balaban J connectivity index is 2.50. The van der Waals surface area contributed by atoms with Crippen molar-refractivity contribution < 1.29 is 0 Å². The zero-order chi connectivity index (χ0) is 13.1. The zero-order valence-corrected chi connectivity index (χ0v) is 12.2. The maximum Gasteiger partial charge on any atom is 0.135 e. The summed E-state index contributed by atoms with van der Waals surface area (Å²) in [6, 6.07) is 3.98. The number of hydrogen-bond donors (Lipinski definition) is 3. The Morgan fingerprint density at radius 1 is 1.11 bits per heavy atom. The number of hydrogen-bond acceptors (Lipinski definition) is 5. The molecule has 2 rings (SSSR count). The predicted molar refractivity (Wildman–Crippen MR) is 83.5 cm³/mol. The van der Waals surface area contributed by atoms with Crippen molar-refractivity contribution in [1.82, 2.24) is 9.97 Å². The highest BCUT2D eigenvalue weighted by molar-refractivity contribution is 7.99. The molecule has 0 saturated carbocycles. The van der Waals surface area contributed by atoms with Gasteiger partial charge in [0.15, 0.2) is 0 Å². The summed E-state index contributed by atoms with van der Waals surface area (Å²) in [6.45, 7) is 4.39. The molecule has 0 amide bonds. The van der Waals surface area contributed by atoms with Crippen molar-refractivity contribution in [3.8, 4) is 0 Å². The number of nitrogens with zero attached hydrogens (tertiary/aromatic N) is 2. The third-order valence-corrected chi connectivity index (χ3v) is 2.90. The first-order valence-corrected chi connectivity index (χ1v) is 6.96. The lowest BCUT2D eigenvalue weighted by Crippen LogP contribution is -2.07. The molecule has 2 aromatic rings. The third kappa shape index (κ3) is 3.09. The van der Waals surface area contributed by atoms with Crippen LogP contribution in [0.3, 0.4) is 0 Å². The minimum absolute atomic E-state index is 0.232. The minimum Gasteiger partial charge on any atom is -0.349 e. The van der Waals surface area contributed by atoms with Gasteiger partial charge < -0.3 is 5.32 Å². The highest BCUT2D eigenvalue weighted by Gasteiger charge is 2.09. The van der Waals surface area contributed by atoms with Gasteiger partial charge in [-0.05, 0) is 24.5 Å². The topological polar surface area (TPSA) is 37.8 Å². The van der Waals surface area contributed by atoms with E-state index in [4.69, 9.17) is 0 Å². The molecule has 0 unspecified atom stereocenters. The molecular weight excluding hydrogens is 262 g/mol. The molecule has 0 atom stereocenters. The molecule has 0 saturated heterocycles. The summed E-state index contributed by atoms with van der Waals surface area (Å²) in [5.41, 5.74) is 1.11. The van der Waals surface area contributed by atoms with Gasteiger partial charge in [-0.3, -0.25) is 4.98 Å². The Morgan fingerprint density at radius 3 is 2.44 bits per heavy atom. The smallest absolute Gasteiger partial charge is 0.135 e. The predicted octanol–water partition coefficient (Wildman–Crippen LogP) is 3.38. The molecule has 0 aliphatic rings. The van der Waals surface area contributed by atoms with Crippen LogP contribution in [-0.2, 0) is 6.42 Å². The van der Waals surface area contributed by atoms with E-state index in [2.05, 4.69) is 54.4 Å². The summed E-state index contributed by atoms with van der Waals surface area (Å²) in [7, 11) is 0. The van der Waals surface area contributed by atoms with Gasteiger partial charge in [0.1, 0.15) is 10.5 Å². The van der Waals surface area contributed by atoms with Crippen LogP contribution >= 0.6 is 25.3 Å². The Bertz CT molecular complexity index is 491. The van der Waals surface area contributed by atoms with Crippen LogP contribution in [0.4, 0.5) is 5.82 Å². The SMILES string of the molecule is CC(C)Cc1nccc2c(NC(S)S)nccc12. The van der Waals surface area contributed by atoms with Crippen LogP contribution in [0.15, 0.2) is 24.5 Å². The van der Waals surface area contributed by atoms with Crippen molar-refractivity contribution in [2.75, 3.05) is 5.32 Å². The Hall–Kier alpha value is -0.940. The fourth-order valence-corrected chi connectivity index (χ4v) is 2.20. The molecule has 1 N–H and O–H groups in total. The molecule has 0 fully saturated rings. The van der Waals surface area contributed by atoms with Crippen LogP contribution in [0.2, 0.25) is 0 Å². The number of fused-ring (bicyclic) bond motifs is 1. The normalized spacial score (nSPS) is 11.4. The second-order valence-electron chi connectivity index (χ2n) is 4.63. The maximum atomic E-state index is 4.47. The van der Waals surface area contributed by atoms with E-state index in [1.54, 1.807) is 6.20 Å². The van der Waals surface area contributed by atoms with Crippen molar-refractivity contribution in [3.05, 3.63) is 30.2 Å².